The van der Waals surface area contributed by atoms with Crippen LogP contribution in [0.3, 0.4) is 0 Å². The third-order valence-electron chi connectivity index (χ3n) is 2.12. The van der Waals surface area contributed by atoms with E-state index in [9.17, 15) is 4.79 Å². The number of nitrogens with two attached hydrogens (primary N) is 1. The third kappa shape index (κ3) is 4.43. The molecule has 0 aliphatic carbocycles. The summed E-state index contributed by atoms with van der Waals surface area (Å²) in [6, 6.07) is 7.42. The van der Waals surface area contributed by atoms with Crippen molar-refractivity contribution < 1.29 is 9.53 Å². The summed E-state index contributed by atoms with van der Waals surface area (Å²) in [5, 5.41) is 0. The van der Waals surface area contributed by atoms with Crippen LogP contribution in [-0.4, -0.2) is 25.4 Å². The van der Waals surface area contributed by atoms with Gasteiger partial charge in [-0.15, -0.1) is 24.2 Å². The second-order valence-corrected chi connectivity index (χ2v) is 4.06. The molecule has 0 saturated heterocycles. The first-order valence-corrected chi connectivity index (χ1v) is 5.86. The average Bonchev–Trinajstić information content (AvgIpc) is 2.29. The predicted octanol–water partition coefficient (Wildman–Crippen LogP) is 1.87. The monoisotopic (exact) mass is 261 g/mol. The van der Waals surface area contributed by atoms with Gasteiger partial charge in [0.05, 0.1) is 7.11 Å². The zero-order chi connectivity index (χ0) is 11.3. The fraction of sp³-hybridized carbons (Fsp3) is 0.364. The number of ether oxygens (including phenoxy) is 1. The number of halogens is 1. The van der Waals surface area contributed by atoms with Crippen molar-refractivity contribution in [3.8, 4) is 0 Å². The summed E-state index contributed by atoms with van der Waals surface area (Å²) in [5.74, 6) is -0.371. The second-order valence-electron chi connectivity index (χ2n) is 3.18. The van der Waals surface area contributed by atoms with Crippen LogP contribution in [0.4, 0.5) is 0 Å². The third-order valence-corrected chi connectivity index (χ3v) is 2.86. The fourth-order valence-electron chi connectivity index (χ4n) is 1.25. The summed E-state index contributed by atoms with van der Waals surface area (Å²) in [7, 11) is 1.35. The Morgan fingerprint density at radius 1 is 1.44 bits per heavy atom. The molecule has 1 rings (SSSR count). The highest BCUT2D eigenvalue weighted by molar-refractivity contribution is 7.98. The van der Waals surface area contributed by atoms with E-state index in [1.54, 1.807) is 11.8 Å². The second kappa shape index (κ2) is 7.54. The standard InChI is InChI=1S/C11H15NO2S.ClH/c1-14-11(13)10(12)7-8-3-5-9(15-2)6-4-8;/h3-6,10H,7,12H2,1-2H3;1H/t10-;/m0./s1. The molecule has 90 valence electrons. The van der Waals surface area contributed by atoms with Crippen molar-refractivity contribution in [3.63, 3.8) is 0 Å². The van der Waals surface area contributed by atoms with Crippen molar-refractivity contribution in [2.45, 2.75) is 17.4 Å². The van der Waals surface area contributed by atoms with Crippen molar-refractivity contribution in [1.82, 2.24) is 0 Å². The zero-order valence-corrected chi connectivity index (χ0v) is 10.9. The minimum absolute atomic E-state index is 0. The van der Waals surface area contributed by atoms with E-state index in [1.807, 2.05) is 30.5 Å². The van der Waals surface area contributed by atoms with Crippen LogP contribution in [0, 0.1) is 0 Å². The average molecular weight is 262 g/mol. The van der Waals surface area contributed by atoms with E-state index in [2.05, 4.69) is 4.74 Å². The summed E-state index contributed by atoms with van der Waals surface area (Å²) in [6.07, 6.45) is 2.54. The van der Waals surface area contributed by atoms with E-state index in [0.717, 1.165) is 5.56 Å². The minimum atomic E-state index is -0.574. The summed E-state index contributed by atoms with van der Waals surface area (Å²) >= 11 is 1.68. The van der Waals surface area contributed by atoms with Crippen LogP contribution in [0.25, 0.3) is 0 Å². The lowest BCUT2D eigenvalue weighted by Crippen LogP contribution is -2.33. The van der Waals surface area contributed by atoms with Gasteiger partial charge in [0.25, 0.3) is 0 Å². The number of thioether (sulfide) groups is 1. The maximum Gasteiger partial charge on any atom is 0.322 e. The van der Waals surface area contributed by atoms with Gasteiger partial charge in [-0.1, -0.05) is 12.1 Å². The van der Waals surface area contributed by atoms with Gasteiger partial charge in [0, 0.05) is 4.90 Å². The van der Waals surface area contributed by atoms with Gasteiger partial charge < -0.3 is 10.5 Å². The molecular formula is C11H16ClNO2S. The van der Waals surface area contributed by atoms with E-state index < -0.39 is 6.04 Å². The SMILES string of the molecule is COC(=O)[C@@H](N)Cc1ccc(SC)cc1.Cl. The lowest BCUT2D eigenvalue weighted by atomic mass is 10.1. The van der Waals surface area contributed by atoms with Gasteiger partial charge in [-0.25, -0.2) is 0 Å². The maximum absolute atomic E-state index is 11.1. The number of rotatable bonds is 4. The highest BCUT2D eigenvalue weighted by Gasteiger charge is 2.13. The lowest BCUT2D eigenvalue weighted by molar-refractivity contribution is -0.142. The van der Waals surface area contributed by atoms with Crippen LogP contribution in [0.1, 0.15) is 5.56 Å². The minimum Gasteiger partial charge on any atom is -0.468 e. The number of esters is 1. The Morgan fingerprint density at radius 2 is 2.00 bits per heavy atom. The number of carbonyl (C=O) groups is 1. The summed E-state index contributed by atoms with van der Waals surface area (Å²) in [5.41, 5.74) is 6.70. The van der Waals surface area contributed by atoms with Crippen molar-refractivity contribution in [2.75, 3.05) is 13.4 Å². The maximum atomic E-state index is 11.1. The summed E-state index contributed by atoms with van der Waals surface area (Å²) < 4.78 is 4.56. The number of hydrogen-bond donors (Lipinski definition) is 1. The Hall–Kier alpha value is -0.710. The Bertz CT molecular complexity index is 329. The van der Waals surface area contributed by atoms with E-state index in [4.69, 9.17) is 5.73 Å². The predicted molar refractivity (Wildman–Crippen MR) is 69.2 cm³/mol. The fourth-order valence-corrected chi connectivity index (χ4v) is 1.66. The highest BCUT2D eigenvalue weighted by atomic mass is 35.5. The van der Waals surface area contributed by atoms with Gasteiger partial charge in [-0.2, -0.15) is 0 Å². The van der Waals surface area contributed by atoms with Gasteiger partial charge in [0.2, 0.25) is 0 Å². The molecule has 0 unspecified atom stereocenters. The number of hydrogen-bond acceptors (Lipinski definition) is 4. The molecule has 0 aliphatic rings. The molecule has 0 aromatic heterocycles. The molecule has 0 heterocycles. The first kappa shape index (κ1) is 15.3. The van der Waals surface area contributed by atoms with Crippen LogP contribution in [-0.2, 0) is 16.0 Å². The molecule has 0 aliphatic heterocycles. The molecular weight excluding hydrogens is 246 g/mol. The summed E-state index contributed by atoms with van der Waals surface area (Å²) in [6.45, 7) is 0. The number of carbonyl (C=O) groups excluding carboxylic acids is 1. The summed E-state index contributed by atoms with van der Waals surface area (Å²) in [4.78, 5) is 12.3. The molecule has 2 N–H and O–H groups in total. The van der Waals surface area contributed by atoms with Crippen LogP contribution in [0.15, 0.2) is 29.2 Å². The topological polar surface area (TPSA) is 52.3 Å². The molecule has 16 heavy (non-hydrogen) atoms. The van der Waals surface area contributed by atoms with Gasteiger partial charge >= 0.3 is 5.97 Å². The quantitative estimate of drug-likeness (QED) is 0.664. The molecule has 3 nitrogen and oxygen atoms in total. The highest BCUT2D eigenvalue weighted by Crippen LogP contribution is 2.15. The first-order chi connectivity index (χ1) is 7.17. The first-order valence-electron chi connectivity index (χ1n) is 4.63. The zero-order valence-electron chi connectivity index (χ0n) is 9.30. The van der Waals surface area contributed by atoms with Crippen LogP contribution in [0.2, 0.25) is 0 Å². The van der Waals surface area contributed by atoms with Gasteiger partial charge in [0.15, 0.2) is 0 Å². The molecule has 1 atom stereocenters. The van der Waals surface area contributed by atoms with E-state index in [0.29, 0.717) is 6.42 Å². The van der Waals surface area contributed by atoms with Crippen LogP contribution >= 0.6 is 24.2 Å². The van der Waals surface area contributed by atoms with Gasteiger partial charge in [0.1, 0.15) is 6.04 Å². The Kier molecular flexibility index (Phi) is 7.21. The molecule has 0 amide bonds. The molecule has 0 radical (unpaired) electrons. The van der Waals surface area contributed by atoms with E-state index in [1.165, 1.54) is 12.0 Å². The molecule has 0 spiro atoms. The Morgan fingerprint density at radius 3 is 2.44 bits per heavy atom. The van der Waals surface area contributed by atoms with Gasteiger partial charge in [-0.05, 0) is 30.4 Å². The molecule has 1 aromatic rings. The molecule has 0 bridgehead atoms. The van der Waals surface area contributed by atoms with Crippen molar-refractivity contribution in [1.29, 1.82) is 0 Å². The Balaban J connectivity index is 0.00000225. The van der Waals surface area contributed by atoms with E-state index >= 15 is 0 Å². The molecule has 0 saturated carbocycles. The lowest BCUT2D eigenvalue weighted by Gasteiger charge is -2.09. The smallest absolute Gasteiger partial charge is 0.322 e. The van der Waals surface area contributed by atoms with Gasteiger partial charge in [-0.3, -0.25) is 4.79 Å². The van der Waals surface area contributed by atoms with Crippen molar-refractivity contribution in [3.05, 3.63) is 29.8 Å². The molecule has 1 aromatic carbocycles. The number of methoxy groups -OCH3 is 1. The van der Waals surface area contributed by atoms with E-state index in [-0.39, 0.29) is 18.4 Å². The largest absolute Gasteiger partial charge is 0.468 e. The van der Waals surface area contributed by atoms with Crippen molar-refractivity contribution >= 4 is 30.1 Å². The normalized spacial score (nSPS) is 11.4. The molecule has 0 fully saturated rings. The van der Waals surface area contributed by atoms with Crippen molar-refractivity contribution in [2.24, 2.45) is 5.73 Å². The Labute approximate surface area is 106 Å². The van der Waals surface area contributed by atoms with Crippen LogP contribution < -0.4 is 5.73 Å². The number of benzene rings is 1. The molecule has 5 heteroatoms. The van der Waals surface area contributed by atoms with Crippen LogP contribution in [0.5, 0.6) is 0 Å².